The second-order valence-corrected chi connectivity index (χ2v) is 2.88. The molecule has 0 atom stereocenters. The van der Waals surface area contributed by atoms with E-state index in [-0.39, 0.29) is 12.4 Å². The van der Waals surface area contributed by atoms with Gasteiger partial charge in [0.2, 0.25) is 0 Å². The van der Waals surface area contributed by atoms with Crippen LogP contribution in [0.4, 0.5) is 0 Å². The van der Waals surface area contributed by atoms with Crippen LogP contribution in [0.3, 0.4) is 0 Å². The average molecular weight is 227 g/mol. The van der Waals surface area contributed by atoms with E-state index in [2.05, 4.69) is 16.0 Å². The first-order valence-corrected chi connectivity index (χ1v) is 3.45. The molecular formula is C6H5Cl2Se. The summed E-state index contributed by atoms with van der Waals surface area (Å²) < 4.78 is 1.12. The van der Waals surface area contributed by atoms with Gasteiger partial charge in [0.25, 0.3) is 0 Å². The molecule has 1 aromatic carbocycles. The molecule has 0 saturated heterocycles. The van der Waals surface area contributed by atoms with Gasteiger partial charge >= 0.3 is 61.4 Å². The van der Waals surface area contributed by atoms with Gasteiger partial charge in [-0.2, -0.15) is 0 Å². The Morgan fingerprint density at radius 3 is 1.89 bits per heavy atom. The van der Waals surface area contributed by atoms with Crippen molar-refractivity contribution in [2.75, 3.05) is 0 Å². The zero-order valence-electron chi connectivity index (χ0n) is 4.50. The Kier molecular flexibility index (Phi) is 4.33. The average Bonchev–Trinajstić information content (AvgIpc) is 1.77. The standard InChI is InChI=1S/C6H4ClSe.ClH/c7-5-1-3-6(8)4-2-5;/h1-4H;1H. The van der Waals surface area contributed by atoms with Crippen molar-refractivity contribution in [2.45, 2.75) is 0 Å². The third-order valence-electron chi connectivity index (χ3n) is 0.814. The Hall–Kier alpha value is 0.319. The van der Waals surface area contributed by atoms with Crippen LogP contribution in [0.15, 0.2) is 24.3 Å². The van der Waals surface area contributed by atoms with Crippen molar-refractivity contribution in [2.24, 2.45) is 0 Å². The number of hydrogen-bond donors (Lipinski definition) is 0. The number of halogens is 2. The first-order chi connectivity index (χ1) is 3.79. The van der Waals surface area contributed by atoms with Crippen LogP contribution < -0.4 is 4.46 Å². The maximum absolute atomic E-state index is 5.60. The molecule has 1 radical (unpaired) electrons. The molecule has 0 unspecified atom stereocenters. The Balaban J connectivity index is 0.000000640. The molecule has 0 aliphatic heterocycles. The van der Waals surface area contributed by atoms with Crippen LogP contribution in [-0.4, -0.2) is 16.0 Å². The molecule has 49 valence electrons. The second-order valence-electron chi connectivity index (χ2n) is 1.45. The summed E-state index contributed by atoms with van der Waals surface area (Å²) in [5.74, 6) is 0. The van der Waals surface area contributed by atoms with E-state index >= 15 is 0 Å². The monoisotopic (exact) mass is 227 g/mol. The Morgan fingerprint density at radius 2 is 1.56 bits per heavy atom. The summed E-state index contributed by atoms with van der Waals surface area (Å²) >= 11 is 8.47. The van der Waals surface area contributed by atoms with Crippen LogP contribution in [0.5, 0.6) is 0 Å². The molecule has 0 saturated carbocycles. The summed E-state index contributed by atoms with van der Waals surface area (Å²) in [5.41, 5.74) is 0. The van der Waals surface area contributed by atoms with E-state index in [4.69, 9.17) is 11.6 Å². The van der Waals surface area contributed by atoms with E-state index in [1.807, 2.05) is 24.3 Å². The first-order valence-electron chi connectivity index (χ1n) is 2.21. The molecule has 1 rings (SSSR count). The van der Waals surface area contributed by atoms with Crippen molar-refractivity contribution in [3.05, 3.63) is 29.3 Å². The number of benzene rings is 1. The maximum atomic E-state index is 5.60. The Bertz CT molecular complexity index is 150. The predicted molar refractivity (Wildman–Crippen MR) is 44.1 cm³/mol. The molecule has 0 heterocycles. The van der Waals surface area contributed by atoms with Gasteiger partial charge in [-0.15, -0.1) is 12.4 Å². The topological polar surface area (TPSA) is 0 Å². The first kappa shape index (κ1) is 9.32. The van der Waals surface area contributed by atoms with Gasteiger partial charge in [-0.05, 0) is 0 Å². The van der Waals surface area contributed by atoms with Crippen LogP contribution in [0.1, 0.15) is 0 Å². The molecular weight excluding hydrogens is 222 g/mol. The predicted octanol–water partition coefficient (Wildman–Crippen LogP) is 1.56. The van der Waals surface area contributed by atoms with Crippen LogP contribution >= 0.6 is 24.0 Å². The van der Waals surface area contributed by atoms with E-state index in [0.717, 1.165) is 9.48 Å². The van der Waals surface area contributed by atoms with E-state index < -0.39 is 0 Å². The summed E-state index contributed by atoms with van der Waals surface area (Å²) in [7, 11) is 0. The zero-order chi connectivity index (χ0) is 5.98. The van der Waals surface area contributed by atoms with Gasteiger partial charge < -0.3 is 0 Å². The van der Waals surface area contributed by atoms with Crippen molar-refractivity contribution < 1.29 is 0 Å². The van der Waals surface area contributed by atoms with Crippen LogP contribution in [0.25, 0.3) is 0 Å². The molecule has 9 heavy (non-hydrogen) atoms. The Morgan fingerprint density at radius 1 is 1.11 bits per heavy atom. The van der Waals surface area contributed by atoms with Gasteiger partial charge in [0, 0.05) is 0 Å². The molecule has 0 bridgehead atoms. The molecule has 3 heteroatoms. The second kappa shape index (κ2) is 4.19. The minimum atomic E-state index is 0. The molecule has 0 aliphatic rings. The zero-order valence-corrected chi connectivity index (χ0v) is 7.79. The van der Waals surface area contributed by atoms with E-state index in [1.54, 1.807) is 0 Å². The molecule has 0 fully saturated rings. The van der Waals surface area contributed by atoms with Gasteiger partial charge in [0.05, 0.1) is 0 Å². The van der Waals surface area contributed by atoms with Crippen LogP contribution in [0.2, 0.25) is 5.02 Å². The summed E-state index contributed by atoms with van der Waals surface area (Å²) in [4.78, 5) is 0. The van der Waals surface area contributed by atoms with Crippen molar-refractivity contribution in [1.29, 1.82) is 0 Å². The number of hydrogen-bond acceptors (Lipinski definition) is 0. The quantitative estimate of drug-likeness (QED) is 0.590. The van der Waals surface area contributed by atoms with E-state index in [9.17, 15) is 0 Å². The molecule has 0 N–H and O–H groups in total. The third-order valence-corrected chi connectivity index (χ3v) is 1.64. The third kappa shape index (κ3) is 3.12. The van der Waals surface area contributed by atoms with E-state index in [0.29, 0.717) is 0 Å². The summed E-state index contributed by atoms with van der Waals surface area (Å²) in [6.45, 7) is 0. The van der Waals surface area contributed by atoms with Crippen molar-refractivity contribution in [3.63, 3.8) is 0 Å². The van der Waals surface area contributed by atoms with Crippen molar-refractivity contribution in [1.82, 2.24) is 0 Å². The van der Waals surface area contributed by atoms with Crippen LogP contribution in [0, 0.1) is 0 Å². The number of rotatable bonds is 0. The SMILES string of the molecule is Cl.Clc1ccc([Se])cc1. The molecule has 0 aliphatic carbocycles. The molecule has 0 spiro atoms. The fourth-order valence-corrected chi connectivity index (χ4v) is 0.846. The van der Waals surface area contributed by atoms with Gasteiger partial charge in [0.15, 0.2) is 0 Å². The molecule has 0 nitrogen and oxygen atoms in total. The normalized spacial score (nSPS) is 8.11. The van der Waals surface area contributed by atoms with Gasteiger partial charge in [0.1, 0.15) is 0 Å². The van der Waals surface area contributed by atoms with Crippen molar-refractivity contribution in [3.8, 4) is 0 Å². The summed E-state index contributed by atoms with van der Waals surface area (Å²) in [6.07, 6.45) is 0. The minimum absolute atomic E-state index is 0. The fraction of sp³-hybridized carbons (Fsp3) is 0. The van der Waals surface area contributed by atoms with Gasteiger partial charge in [-0.3, -0.25) is 0 Å². The van der Waals surface area contributed by atoms with Gasteiger partial charge in [-0.1, -0.05) is 0 Å². The van der Waals surface area contributed by atoms with Crippen molar-refractivity contribution >= 4 is 44.5 Å². The molecule has 0 aromatic heterocycles. The van der Waals surface area contributed by atoms with Gasteiger partial charge in [-0.25, -0.2) is 0 Å². The van der Waals surface area contributed by atoms with E-state index in [1.165, 1.54) is 0 Å². The molecule has 0 amide bonds. The summed E-state index contributed by atoms with van der Waals surface area (Å²) in [5, 5.41) is 0.781. The fourth-order valence-electron chi connectivity index (χ4n) is 0.435. The Labute approximate surface area is 73.8 Å². The molecule has 1 aromatic rings. The van der Waals surface area contributed by atoms with Crippen LogP contribution in [-0.2, 0) is 0 Å². The summed E-state index contributed by atoms with van der Waals surface area (Å²) in [6, 6.07) is 7.57.